The van der Waals surface area contributed by atoms with Crippen LogP contribution < -0.4 is 10.6 Å². The van der Waals surface area contributed by atoms with Gasteiger partial charge in [-0.1, -0.05) is 0 Å². The van der Waals surface area contributed by atoms with Crippen LogP contribution in [0.1, 0.15) is 20.8 Å². The quantitative estimate of drug-likeness (QED) is 0.368. The van der Waals surface area contributed by atoms with Gasteiger partial charge >= 0.3 is 0 Å². The molecule has 2 N–H and O–H groups in total. The van der Waals surface area contributed by atoms with Gasteiger partial charge < -0.3 is 10.6 Å². The summed E-state index contributed by atoms with van der Waals surface area (Å²) in [5.74, 6) is 0.784. The Balaban J connectivity index is 0. The largest absolute Gasteiger partial charge is 0.357 e. The lowest BCUT2D eigenvalue weighted by Gasteiger charge is -2.20. The predicted molar refractivity (Wildman–Crippen MR) is 96.7 cm³/mol. The van der Waals surface area contributed by atoms with Crippen molar-refractivity contribution < 1.29 is 8.42 Å². The fraction of sp³-hybridized carbons (Fsp3) is 0.909. The first kappa shape index (κ1) is 21.6. The maximum atomic E-state index is 11.0. The van der Waals surface area contributed by atoms with Gasteiger partial charge in [-0.05, 0) is 27.0 Å². The van der Waals surface area contributed by atoms with Crippen molar-refractivity contribution in [3.8, 4) is 0 Å². The standard InChI is InChI=1S/C11H25N3O2S2.HI/c1-6-12-10(13-7-8-18(5,15)16)14-9-11(2,3)17-4;/h6-9H2,1-5H3,(H2,12,13,14);1H. The number of hydrogen-bond donors (Lipinski definition) is 2. The second kappa shape index (κ2) is 10.1. The van der Waals surface area contributed by atoms with Crippen LogP contribution in [0.5, 0.6) is 0 Å². The fourth-order valence-electron chi connectivity index (χ4n) is 1.03. The van der Waals surface area contributed by atoms with Crippen LogP contribution in [0.3, 0.4) is 0 Å². The number of nitrogens with one attached hydrogen (secondary N) is 2. The van der Waals surface area contributed by atoms with Gasteiger partial charge in [-0.2, -0.15) is 11.8 Å². The summed E-state index contributed by atoms with van der Waals surface area (Å²) in [6.45, 7) is 8.05. The van der Waals surface area contributed by atoms with E-state index in [1.807, 2.05) is 6.92 Å². The van der Waals surface area contributed by atoms with Crippen molar-refractivity contribution in [2.75, 3.05) is 37.9 Å². The van der Waals surface area contributed by atoms with E-state index >= 15 is 0 Å². The predicted octanol–water partition coefficient (Wildman–Crippen LogP) is 1.35. The number of nitrogens with zero attached hydrogens (tertiary/aromatic N) is 1. The molecule has 0 aliphatic heterocycles. The molecule has 0 unspecified atom stereocenters. The first-order chi connectivity index (χ1) is 8.20. The van der Waals surface area contributed by atoms with Crippen LogP contribution in [0.25, 0.3) is 0 Å². The van der Waals surface area contributed by atoms with Crippen LogP contribution in [-0.4, -0.2) is 57.0 Å². The average Bonchev–Trinajstić information content (AvgIpc) is 2.24. The first-order valence-electron chi connectivity index (χ1n) is 5.95. The molecule has 0 aromatic heterocycles. The highest BCUT2D eigenvalue weighted by Crippen LogP contribution is 2.20. The minimum Gasteiger partial charge on any atom is -0.357 e. The van der Waals surface area contributed by atoms with E-state index in [0.717, 1.165) is 6.54 Å². The Morgan fingerprint density at radius 1 is 1.32 bits per heavy atom. The first-order valence-corrected chi connectivity index (χ1v) is 9.24. The summed E-state index contributed by atoms with van der Waals surface area (Å²) < 4.78 is 22.1. The third-order valence-corrected chi connectivity index (χ3v) is 4.46. The molecule has 8 heteroatoms. The molecule has 0 radical (unpaired) electrons. The van der Waals surface area contributed by atoms with Gasteiger partial charge in [-0.3, -0.25) is 4.99 Å². The SMILES string of the molecule is CCNC(=NCC(C)(C)SC)NCCS(C)(=O)=O.I. The van der Waals surface area contributed by atoms with Gasteiger partial charge in [0.15, 0.2) is 5.96 Å². The molecular weight excluding hydrogens is 397 g/mol. The summed E-state index contributed by atoms with van der Waals surface area (Å²) in [6.07, 6.45) is 3.29. The molecule has 0 atom stereocenters. The van der Waals surface area contributed by atoms with Gasteiger partial charge in [0.1, 0.15) is 9.84 Å². The second-order valence-electron chi connectivity index (χ2n) is 4.72. The monoisotopic (exact) mass is 423 g/mol. The third-order valence-electron chi connectivity index (χ3n) is 2.28. The number of thioether (sulfide) groups is 1. The van der Waals surface area contributed by atoms with Crippen LogP contribution in [0.15, 0.2) is 4.99 Å². The molecule has 0 spiro atoms. The van der Waals surface area contributed by atoms with Gasteiger partial charge in [0, 0.05) is 24.1 Å². The highest BCUT2D eigenvalue weighted by atomic mass is 127. The molecule has 116 valence electrons. The lowest BCUT2D eigenvalue weighted by molar-refractivity contribution is 0.600. The maximum absolute atomic E-state index is 11.0. The van der Waals surface area contributed by atoms with Crippen molar-refractivity contribution in [3.63, 3.8) is 0 Å². The summed E-state index contributed by atoms with van der Waals surface area (Å²) in [7, 11) is -2.93. The minimum absolute atomic E-state index is 0. The van der Waals surface area contributed by atoms with Crippen LogP contribution in [0.2, 0.25) is 0 Å². The number of rotatable bonds is 7. The van der Waals surface area contributed by atoms with E-state index in [4.69, 9.17) is 0 Å². The fourth-order valence-corrected chi connectivity index (χ4v) is 1.70. The number of aliphatic imine (C=N–C) groups is 1. The van der Waals surface area contributed by atoms with Crippen molar-refractivity contribution in [3.05, 3.63) is 0 Å². The molecule has 19 heavy (non-hydrogen) atoms. The Morgan fingerprint density at radius 2 is 1.89 bits per heavy atom. The summed E-state index contributed by atoms with van der Waals surface area (Å²) in [5.41, 5.74) is 0. The Labute approximate surface area is 138 Å². The molecule has 0 rings (SSSR count). The van der Waals surface area contributed by atoms with Crippen LogP contribution in [0, 0.1) is 0 Å². The van der Waals surface area contributed by atoms with Gasteiger partial charge in [0.05, 0.1) is 12.3 Å². The molecule has 5 nitrogen and oxygen atoms in total. The third kappa shape index (κ3) is 13.1. The van der Waals surface area contributed by atoms with Gasteiger partial charge in [0.25, 0.3) is 0 Å². The van der Waals surface area contributed by atoms with Crippen molar-refractivity contribution in [2.45, 2.75) is 25.5 Å². The number of hydrogen-bond acceptors (Lipinski definition) is 4. The summed E-state index contributed by atoms with van der Waals surface area (Å²) in [5, 5.41) is 6.12. The molecule has 0 saturated carbocycles. The van der Waals surface area contributed by atoms with Crippen molar-refractivity contribution in [2.24, 2.45) is 4.99 Å². The molecule has 0 bridgehead atoms. The Kier molecular flexibility index (Phi) is 11.5. The molecular formula is C11H26IN3O2S2. The number of sulfone groups is 1. The van der Waals surface area contributed by atoms with Crippen molar-refractivity contribution in [1.29, 1.82) is 0 Å². The zero-order valence-corrected chi connectivity index (χ0v) is 16.3. The topological polar surface area (TPSA) is 70.6 Å². The van der Waals surface area contributed by atoms with Crippen LogP contribution >= 0.6 is 35.7 Å². The maximum Gasteiger partial charge on any atom is 0.191 e. The summed E-state index contributed by atoms with van der Waals surface area (Å²) in [4.78, 5) is 4.45. The van der Waals surface area contributed by atoms with E-state index < -0.39 is 9.84 Å². The van der Waals surface area contributed by atoms with E-state index in [1.54, 1.807) is 11.8 Å². The van der Waals surface area contributed by atoms with Gasteiger partial charge in [0.2, 0.25) is 0 Å². The van der Waals surface area contributed by atoms with E-state index in [9.17, 15) is 8.42 Å². The smallest absolute Gasteiger partial charge is 0.191 e. The van der Waals surface area contributed by atoms with Gasteiger partial charge in [-0.25, -0.2) is 8.42 Å². The average molecular weight is 423 g/mol. The zero-order valence-electron chi connectivity index (χ0n) is 12.3. The molecule has 0 aromatic carbocycles. The van der Waals surface area contributed by atoms with Crippen LogP contribution in [0.4, 0.5) is 0 Å². The van der Waals surface area contributed by atoms with E-state index in [2.05, 4.69) is 35.7 Å². The van der Waals surface area contributed by atoms with Crippen molar-refractivity contribution in [1.82, 2.24) is 10.6 Å². The van der Waals surface area contributed by atoms with E-state index in [-0.39, 0.29) is 34.5 Å². The molecule has 0 aliphatic rings. The highest BCUT2D eigenvalue weighted by Gasteiger charge is 2.15. The van der Waals surface area contributed by atoms with E-state index in [1.165, 1.54) is 6.26 Å². The molecule has 0 heterocycles. The number of halogens is 1. The molecule has 0 aliphatic carbocycles. The van der Waals surface area contributed by atoms with E-state index in [0.29, 0.717) is 19.0 Å². The molecule has 0 aromatic rings. The normalized spacial score (nSPS) is 12.8. The van der Waals surface area contributed by atoms with Crippen LogP contribution in [-0.2, 0) is 9.84 Å². The lowest BCUT2D eigenvalue weighted by atomic mass is 10.2. The Hall–Kier alpha value is 0.300. The lowest BCUT2D eigenvalue weighted by Crippen LogP contribution is -2.40. The highest BCUT2D eigenvalue weighted by molar-refractivity contribution is 14.0. The molecule has 0 fully saturated rings. The zero-order chi connectivity index (χ0) is 14.2. The molecule has 0 amide bonds. The minimum atomic E-state index is -2.93. The van der Waals surface area contributed by atoms with Crippen molar-refractivity contribution >= 4 is 51.5 Å². The second-order valence-corrected chi connectivity index (χ2v) is 8.49. The summed E-state index contributed by atoms with van der Waals surface area (Å²) in [6, 6.07) is 0. The summed E-state index contributed by atoms with van der Waals surface area (Å²) >= 11 is 1.76. The Bertz CT molecular complexity index is 370. The van der Waals surface area contributed by atoms with Gasteiger partial charge in [-0.15, -0.1) is 24.0 Å². The molecule has 0 saturated heterocycles. The number of guanidine groups is 1. The Morgan fingerprint density at radius 3 is 2.32 bits per heavy atom.